The third-order valence-electron chi connectivity index (χ3n) is 6.13. The monoisotopic (exact) mass is 534 g/mol. The average molecular weight is 535 g/mol. The molecule has 6 nitrogen and oxygen atoms in total. The van der Waals surface area contributed by atoms with Crippen LogP contribution >= 0.6 is 23.2 Å². The van der Waals surface area contributed by atoms with Gasteiger partial charge in [0.05, 0.1) is 16.1 Å². The van der Waals surface area contributed by atoms with Crippen molar-refractivity contribution >= 4 is 35.2 Å². The molecule has 1 aliphatic rings. The van der Waals surface area contributed by atoms with Crippen LogP contribution in [0.5, 0.6) is 0 Å². The van der Waals surface area contributed by atoms with E-state index in [0.29, 0.717) is 26.7 Å². The number of benzene rings is 3. The Hall–Kier alpha value is -3.20. The molecule has 2 amide bonds. The van der Waals surface area contributed by atoms with Gasteiger partial charge in [-0.05, 0) is 60.0 Å². The van der Waals surface area contributed by atoms with Crippen LogP contribution in [0, 0.1) is 11.6 Å². The number of aliphatic hydroxyl groups is 1. The van der Waals surface area contributed by atoms with Crippen molar-refractivity contribution in [2.24, 2.45) is 0 Å². The molecule has 3 atom stereocenters. The second-order valence-electron chi connectivity index (χ2n) is 8.50. The van der Waals surface area contributed by atoms with Crippen molar-refractivity contribution in [3.63, 3.8) is 0 Å². The number of nitrogens with zero attached hydrogens (tertiary/aromatic N) is 1. The van der Waals surface area contributed by atoms with Crippen molar-refractivity contribution in [3.05, 3.63) is 105 Å². The predicted molar refractivity (Wildman–Crippen MR) is 130 cm³/mol. The molecular formula is C26H22Cl2F2N2O4. The molecule has 0 saturated carbocycles. The van der Waals surface area contributed by atoms with Crippen LogP contribution in [0.25, 0.3) is 0 Å². The fourth-order valence-corrected chi connectivity index (χ4v) is 4.44. The number of rotatable bonds is 7. The second kappa shape index (κ2) is 10.4. The number of nitrogens with one attached hydrogen (secondary N) is 1. The summed E-state index contributed by atoms with van der Waals surface area (Å²) in [7, 11) is 0. The summed E-state index contributed by atoms with van der Waals surface area (Å²) in [4.78, 5) is 27.5. The zero-order valence-electron chi connectivity index (χ0n) is 19.1. The molecule has 3 aromatic carbocycles. The van der Waals surface area contributed by atoms with E-state index in [2.05, 4.69) is 5.32 Å². The average Bonchev–Trinajstić information content (AvgIpc) is 3.11. The van der Waals surface area contributed by atoms with Crippen LogP contribution in [0.4, 0.5) is 13.6 Å². The number of hydrogen-bond donors (Lipinski definition) is 2. The van der Waals surface area contributed by atoms with Crippen LogP contribution in [0.1, 0.15) is 29.7 Å². The number of carbonyl (C=O) groups is 2. The molecule has 0 spiro atoms. The summed E-state index contributed by atoms with van der Waals surface area (Å²) in [6, 6.07) is 14.8. The van der Waals surface area contributed by atoms with Crippen LogP contribution in [0.15, 0.2) is 66.7 Å². The molecule has 0 aromatic heterocycles. The number of cyclic esters (lactones) is 1. The third-order valence-corrected chi connectivity index (χ3v) is 6.87. The minimum absolute atomic E-state index is 0.0126. The van der Waals surface area contributed by atoms with Gasteiger partial charge in [-0.3, -0.25) is 9.69 Å². The topological polar surface area (TPSA) is 78.9 Å². The molecule has 0 aliphatic carbocycles. The fraction of sp³-hybridized carbons (Fsp3) is 0.231. The van der Waals surface area contributed by atoms with Crippen LogP contribution in [0.3, 0.4) is 0 Å². The Balaban J connectivity index is 1.64. The number of hydrogen-bond acceptors (Lipinski definition) is 4. The van der Waals surface area contributed by atoms with E-state index in [9.17, 15) is 23.5 Å². The normalized spacial score (nSPS) is 20.2. The highest BCUT2D eigenvalue weighted by atomic mass is 35.5. The lowest BCUT2D eigenvalue weighted by atomic mass is 9.90. The summed E-state index contributed by atoms with van der Waals surface area (Å²) >= 11 is 12.0. The molecular weight excluding hydrogens is 513 g/mol. The maximum atomic E-state index is 13.5. The molecule has 2 N–H and O–H groups in total. The summed E-state index contributed by atoms with van der Waals surface area (Å²) in [5, 5.41) is 14.7. The van der Waals surface area contributed by atoms with Crippen LogP contribution < -0.4 is 5.32 Å². The molecule has 36 heavy (non-hydrogen) atoms. The van der Waals surface area contributed by atoms with Crippen LogP contribution in [-0.2, 0) is 22.5 Å². The van der Waals surface area contributed by atoms with E-state index in [-0.39, 0.29) is 13.0 Å². The first-order valence-electron chi connectivity index (χ1n) is 11.0. The zero-order chi connectivity index (χ0) is 26.0. The van der Waals surface area contributed by atoms with Gasteiger partial charge < -0.3 is 15.2 Å². The molecule has 3 unspecified atom stereocenters. The molecule has 0 radical (unpaired) electrons. The molecule has 4 rings (SSSR count). The summed E-state index contributed by atoms with van der Waals surface area (Å²) < 4.78 is 32.5. The van der Waals surface area contributed by atoms with Gasteiger partial charge in [-0.25, -0.2) is 13.6 Å². The Labute approximate surface area is 216 Å². The van der Waals surface area contributed by atoms with Crippen molar-refractivity contribution in [3.8, 4) is 0 Å². The van der Waals surface area contributed by atoms with Crippen molar-refractivity contribution in [2.75, 3.05) is 0 Å². The molecule has 1 aliphatic heterocycles. The van der Waals surface area contributed by atoms with E-state index >= 15 is 0 Å². The fourth-order valence-electron chi connectivity index (χ4n) is 4.12. The summed E-state index contributed by atoms with van der Waals surface area (Å²) in [6.07, 6.45) is -2.85. The van der Waals surface area contributed by atoms with Gasteiger partial charge in [0.15, 0.2) is 6.23 Å². The van der Waals surface area contributed by atoms with Crippen LogP contribution in [-0.4, -0.2) is 33.8 Å². The minimum Gasteiger partial charge on any atom is -0.427 e. The first-order valence-corrected chi connectivity index (χ1v) is 11.8. The highest BCUT2D eigenvalue weighted by molar-refractivity contribution is 6.42. The molecule has 188 valence electrons. The maximum Gasteiger partial charge on any atom is 0.413 e. The van der Waals surface area contributed by atoms with E-state index in [1.165, 1.54) is 48.5 Å². The van der Waals surface area contributed by atoms with Crippen molar-refractivity contribution < 1.29 is 28.2 Å². The first-order chi connectivity index (χ1) is 17.1. The summed E-state index contributed by atoms with van der Waals surface area (Å²) in [6.45, 7) is 1.64. The summed E-state index contributed by atoms with van der Waals surface area (Å²) in [5.74, 6) is -1.69. The van der Waals surface area contributed by atoms with E-state index in [1.54, 1.807) is 25.1 Å². The third kappa shape index (κ3) is 5.16. The number of carbonyl (C=O) groups excluding carboxylic acids is 2. The Morgan fingerprint density at radius 3 is 2.22 bits per heavy atom. The Kier molecular flexibility index (Phi) is 7.49. The standard InChI is InChI=1S/C26H22Cl2F2N2O4/c1-15(18-5-9-20(30)10-6-18)32-24(34)26(36-25(32)35,13-16-2-7-19(29)8-3-16)23(33)31-14-17-4-11-21(27)22(28)12-17/h2-12,15,24,34H,13-14H2,1H3,(H,31,33). The molecule has 1 saturated heterocycles. The predicted octanol–water partition coefficient (Wildman–Crippen LogP) is 5.40. The van der Waals surface area contributed by atoms with Crippen molar-refractivity contribution in [1.82, 2.24) is 10.2 Å². The number of halogens is 4. The second-order valence-corrected chi connectivity index (χ2v) is 9.31. The molecule has 3 aromatic rings. The molecule has 10 heteroatoms. The molecule has 1 fully saturated rings. The lowest BCUT2D eigenvalue weighted by Crippen LogP contribution is -2.57. The number of ether oxygens (including phenoxy) is 1. The van der Waals surface area contributed by atoms with Gasteiger partial charge in [0.25, 0.3) is 5.91 Å². The quantitative estimate of drug-likeness (QED) is 0.425. The van der Waals surface area contributed by atoms with E-state index in [1.807, 2.05) is 0 Å². The van der Waals surface area contributed by atoms with Gasteiger partial charge in [-0.15, -0.1) is 0 Å². The van der Waals surface area contributed by atoms with Gasteiger partial charge in [-0.1, -0.05) is 53.5 Å². The van der Waals surface area contributed by atoms with Gasteiger partial charge in [0.1, 0.15) is 11.6 Å². The Morgan fingerprint density at radius 1 is 1.03 bits per heavy atom. The smallest absolute Gasteiger partial charge is 0.413 e. The largest absolute Gasteiger partial charge is 0.427 e. The molecule has 0 bridgehead atoms. The lowest BCUT2D eigenvalue weighted by Gasteiger charge is -2.32. The van der Waals surface area contributed by atoms with E-state index < -0.39 is 41.5 Å². The van der Waals surface area contributed by atoms with E-state index in [4.69, 9.17) is 27.9 Å². The van der Waals surface area contributed by atoms with Gasteiger partial charge in [-0.2, -0.15) is 0 Å². The highest BCUT2D eigenvalue weighted by Gasteiger charge is 2.60. The SMILES string of the molecule is CC(c1ccc(F)cc1)N1C(=O)OC(Cc2ccc(F)cc2)(C(=O)NCc2ccc(Cl)c(Cl)c2)C1O. The first kappa shape index (κ1) is 25.9. The van der Waals surface area contributed by atoms with Crippen LogP contribution in [0.2, 0.25) is 10.0 Å². The zero-order valence-corrected chi connectivity index (χ0v) is 20.6. The Bertz CT molecular complexity index is 1270. The lowest BCUT2D eigenvalue weighted by molar-refractivity contribution is -0.149. The van der Waals surface area contributed by atoms with Gasteiger partial charge in [0.2, 0.25) is 5.60 Å². The highest BCUT2D eigenvalue weighted by Crippen LogP contribution is 2.38. The number of aliphatic hydroxyl groups excluding tert-OH is 1. The number of amides is 2. The van der Waals surface area contributed by atoms with Crippen molar-refractivity contribution in [2.45, 2.75) is 37.8 Å². The molecule has 1 heterocycles. The van der Waals surface area contributed by atoms with Gasteiger partial charge >= 0.3 is 6.09 Å². The summed E-state index contributed by atoms with van der Waals surface area (Å²) in [5.41, 5.74) is -0.421. The van der Waals surface area contributed by atoms with Gasteiger partial charge in [0, 0.05) is 13.0 Å². The van der Waals surface area contributed by atoms with Crippen molar-refractivity contribution in [1.29, 1.82) is 0 Å². The Morgan fingerprint density at radius 2 is 1.61 bits per heavy atom. The minimum atomic E-state index is -2.04. The van der Waals surface area contributed by atoms with E-state index in [0.717, 1.165) is 4.90 Å². The maximum absolute atomic E-state index is 13.5.